The van der Waals surface area contributed by atoms with E-state index in [0.29, 0.717) is 18.1 Å². The van der Waals surface area contributed by atoms with E-state index in [2.05, 4.69) is 33.9 Å². The maximum absolute atomic E-state index is 13.5. The summed E-state index contributed by atoms with van der Waals surface area (Å²) in [4.78, 5) is 13.5. The van der Waals surface area contributed by atoms with Crippen LogP contribution in [0.5, 0.6) is 11.5 Å². The number of halogens is 1. The molecule has 0 saturated heterocycles. The second kappa shape index (κ2) is 20.1. The van der Waals surface area contributed by atoms with Crippen molar-refractivity contribution in [1.29, 1.82) is 0 Å². The van der Waals surface area contributed by atoms with Crippen LogP contribution in [0, 0.1) is 0 Å². The maximum Gasteiger partial charge on any atom is 0.253 e. The number of methoxy groups -OCH3 is 2. The van der Waals surface area contributed by atoms with Gasteiger partial charge in [0.25, 0.3) is 5.24 Å². The van der Waals surface area contributed by atoms with E-state index in [1.807, 2.05) is 97.1 Å². The molecule has 0 fully saturated rings. The highest BCUT2D eigenvalue weighted by Crippen LogP contribution is 2.39. The van der Waals surface area contributed by atoms with Crippen molar-refractivity contribution in [2.45, 2.75) is 89.7 Å². The third-order valence-electron chi connectivity index (χ3n) is 9.31. The van der Waals surface area contributed by atoms with Gasteiger partial charge in [-0.1, -0.05) is 118 Å². The van der Waals surface area contributed by atoms with Gasteiger partial charge in [-0.2, -0.15) is 0 Å². The summed E-state index contributed by atoms with van der Waals surface area (Å²) in [6.45, 7) is 11.9. The molecular formula is C42H53ClO8Si. The van der Waals surface area contributed by atoms with Crippen LogP contribution in [0.3, 0.4) is 0 Å². The highest BCUT2D eigenvalue weighted by molar-refractivity contribution is 6.74. The molecular weight excluding hydrogens is 696 g/mol. The van der Waals surface area contributed by atoms with Crippen molar-refractivity contribution < 1.29 is 37.6 Å². The van der Waals surface area contributed by atoms with Crippen molar-refractivity contribution in [3.8, 4) is 11.5 Å². The second-order valence-corrected chi connectivity index (χ2v) is 19.3. The number of carbonyl (C=O) groups excluding carboxylic acids is 1. The van der Waals surface area contributed by atoms with Gasteiger partial charge in [0.15, 0.2) is 25.9 Å². The lowest BCUT2D eigenvalue weighted by atomic mass is 10.0. The molecule has 4 rings (SSSR count). The first-order valence-corrected chi connectivity index (χ1v) is 20.8. The first-order valence-electron chi connectivity index (χ1n) is 17.5. The third kappa shape index (κ3) is 12.3. The summed E-state index contributed by atoms with van der Waals surface area (Å²) < 4.78 is 44.4. The van der Waals surface area contributed by atoms with Gasteiger partial charge >= 0.3 is 0 Å². The average Bonchev–Trinajstić information content (AvgIpc) is 3.13. The Morgan fingerprint density at radius 1 is 0.635 bits per heavy atom. The molecule has 0 aliphatic carbocycles. The van der Waals surface area contributed by atoms with Crippen LogP contribution in [0.4, 0.5) is 0 Å². The van der Waals surface area contributed by atoms with Crippen LogP contribution >= 0.6 is 11.6 Å². The van der Waals surface area contributed by atoms with Gasteiger partial charge in [-0.25, -0.2) is 0 Å². The van der Waals surface area contributed by atoms with E-state index >= 15 is 0 Å². The molecule has 4 aromatic carbocycles. The van der Waals surface area contributed by atoms with Crippen molar-refractivity contribution in [2.24, 2.45) is 0 Å². The van der Waals surface area contributed by atoms with E-state index in [0.717, 1.165) is 22.3 Å². The van der Waals surface area contributed by atoms with Crippen LogP contribution < -0.4 is 9.47 Å². The number of rotatable bonds is 21. The van der Waals surface area contributed by atoms with E-state index < -0.39 is 38.0 Å². The van der Waals surface area contributed by atoms with Gasteiger partial charge in [0.2, 0.25) is 0 Å². The molecule has 0 bridgehead atoms. The average molecular weight is 749 g/mol. The van der Waals surface area contributed by atoms with Gasteiger partial charge in [0, 0.05) is 0 Å². The summed E-state index contributed by atoms with van der Waals surface area (Å²) in [5.74, 6) is 1.12. The molecule has 52 heavy (non-hydrogen) atoms. The van der Waals surface area contributed by atoms with Crippen LogP contribution in [0.25, 0.3) is 0 Å². The predicted octanol–water partition coefficient (Wildman–Crippen LogP) is 9.13. The van der Waals surface area contributed by atoms with Crippen LogP contribution in [0.1, 0.15) is 43.0 Å². The normalized spacial score (nSPS) is 14.3. The van der Waals surface area contributed by atoms with Gasteiger partial charge in [-0.3, -0.25) is 4.79 Å². The standard InChI is InChI=1S/C42H53ClO8Si/c1-42(2,3)52(6,7)51-37(30-47-26-31-17-11-8-12-18-31)38(48-27-32-19-13-9-14-20-32)39(49-28-33-21-15-10-16-22-33)40(41(43)44)50-29-34-23-24-35(45-4)36(25-34)46-5/h8-25,37-40H,26-30H2,1-7H3/t37-,38-,39+,40-/m1/s1. The molecule has 8 nitrogen and oxygen atoms in total. The molecule has 0 aliphatic rings. The van der Waals surface area contributed by atoms with E-state index in [1.54, 1.807) is 26.4 Å². The first kappa shape index (κ1) is 41.2. The van der Waals surface area contributed by atoms with Gasteiger partial charge in [0.05, 0.1) is 53.4 Å². The summed E-state index contributed by atoms with van der Waals surface area (Å²) in [6.07, 6.45) is -3.73. The Morgan fingerprint density at radius 3 is 1.60 bits per heavy atom. The minimum Gasteiger partial charge on any atom is -0.493 e. The third-order valence-corrected chi connectivity index (χ3v) is 14.0. The topological polar surface area (TPSA) is 81.7 Å². The van der Waals surface area contributed by atoms with Crippen LogP contribution in [0.15, 0.2) is 109 Å². The second-order valence-electron chi connectivity index (χ2n) is 14.2. The molecule has 4 atom stereocenters. The Morgan fingerprint density at radius 2 is 1.12 bits per heavy atom. The molecule has 0 unspecified atom stereocenters. The molecule has 10 heteroatoms. The molecule has 0 aliphatic heterocycles. The van der Waals surface area contributed by atoms with Crippen molar-refractivity contribution in [3.05, 3.63) is 131 Å². The largest absolute Gasteiger partial charge is 0.493 e. The zero-order valence-corrected chi connectivity index (χ0v) is 33.1. The van der Waals surface area contributed by atoms with Crippen molar-refractivity contribution in [1.82, 2.24) is 0 Å². The van der Waals surface area contributed by atoms with Crippen LogP contribution in [-0.4, -0.2) is 58.8 Å². The van der Waals surface area contributed by atoms with E-state index in [-0.39, 0.29) is 31.5 Å². The van der Waals surface area contributed by atoms with Gasteiger partial charge in [0.1, 0.15) is 12.2 Å². The lowest BCUT2D eigenvalue weighted by Gasteiger charge is -2.43. The zero-order valence-electron chi connectivity index (χ0n) is 31.4. The van der Waals surface area contributed by atoms with Gasteiger partial charge in [-0.05, 0) is 64.1 Å². The fraction of sp³-hybridized carbons (Fsp3) is 0.405. The lowest BCUT2D eigenvalue weighted by Crippen LogP contribution is -2.56. The Labute approximate surface area is 315 Å². The summed E-state index contributed by atoms with van der Waals surface area (Å²) in [6, 6.07) is 35.0. The number of benzene rings is 4. The minimum atomic E-state index is -2.45. The molecule has 0 N–H and O–H groups in total. The summed E-state index contributed by atoms with van der Waals surface area (Å²) in [7, 11) is 0.689. The summed E-state index contributed by atoms with van der Waals surface area (Å²) >= 11 is 6.44. The molecule has 0 heterocycles. The zero-order chi connectivity index (χ0) is 37.6. The monoisotopic (exact) mass is 748 g/mol. The number of ether oxygens (including phenoxy) is 6. The lowest BCUT2D eigenvalue weighted by molar-refractivity contribution is -0.185. The fourth-order valence-electron chi connectivity index (χ4n) is 5.37. The molecule has 0 aromatic heterocycles. The molecule has 0 radical (unpaired) electrons. The van der Waals surface area contributed by atoms with Crippen molar-refractivity contribution >= 4 is 25.2 Å². The number of hydrogen-bond acceptors (Lipinski definition) is 8. The van der Waals surface area contributed by atoms with E-state index in [4.69, 9.17) is 44.4 Å². The van der Waals surface area contributed by atoms with E-state index in [1.165, 1.54) is 0 Å². The summed E-state index contributed by atoms with van der Waals surface area (Å²) in [5, 5.41) is -0.858. The quantitative estimate of drug-likeness (QED) is 0.0617. The molecule has 0 amide bonds. The summed E-state index contributed by atoms with van der Waals surface area (Å²) in [5.41, 5.74) is 3.64. The molecule has 280 valence electrons. The minimum absolute atomic E-state index is 0.0400. The van der Waals surface area contributed by atoms with Crippen LogP contribution in [0.2, 0.25) is 18.1 Å². The molecule has 0 saturated carbocycles. The highest BCUT2D eigenvalue weighted by Gasteiger charge is 2.46. The smallest absolute Gasteiger partial charge is 0.253 e. The number of hydrogen-bond donors (Lipinski definition) is 0. The van der Waals surface area contributed by atoms with Gasteiger partial charge < -0.3 is 32.8 Å². The maximum atomic E-state index is 13.5. The Kier molecular flexibility index (Phi) is 15.9. The number of carbonyl (C=O) groups is 1. The molecule has 4 aromatic rings. The first-order chi connectivity index (χ1) is 24.9. The van der Waals surface area contributed by atoms with Gasteiger partial charge in [-0.15, -0.1) is 0 Å². The van der Waals surface area contributed by atoms with Crippen molar-refractivity contribution in [2.75, 3.05) is 20.8 Å². The fourth-order valence-corrected chi connectivity index (χ4v) is 6.87. The van der Waals surface area contributed by atoms with Crippen molar-refractivity contribution in [3.63, 3.8) is 0 Å². The Bertz CT molecular complexity index is 1630. The highest BCUT2D eigenvalue weighted by atomic mass is 35.5. The van der Waals surface area contributed by atoms with Crippen LogP contribution in [-0.2, 0) is 54.6 Å². The predicted molar refractivity (Wildman–Crippen MR) is 207 cm³/mol. The Balaban J connectivity index is 1.76. The SMILES string of the molecule is COc1ccc(CO[C@@H](C(=O)Cl)[C@@H](OCc2ccccc2)[C@H](OCc2ccccc2)[C@@H](COCc2ccccc2)O[Si](C)(C)C(C)(C)C)cc1OC. The Hall–Kier alpha value is -3.54. The molecule has 0 spiro atoms. The van der Waals surface area contributed by atoms with E-state index in [9.17, 15) is 4.79 Å².